The van der Waals surface area contributed by atoms with Crippen molar-refractivity contribution in [2.75, 3.05) is 6.54 Å². The van der Waals surface area contributed by atoms with Crippen molar-refractivity contribution in [2.24, 2.45) is 11.8 Å². The molecule has 1 saturated carbocycles. The van der Waals surface area contributed by atoms with Crippen molar-refractivity contribution in [3.8, 4) is 6.07 Å². The summed E-state index contributed by atoms with van der Waals surface area (Å²) in [5.74, 6) is -1.42. The fraction of sp³-hybridized carbons (Fsp3) is 0.643. The molecule has 2 N–H and O–H groups in total. The van der Waals surface area contributed by atoms with Crippen LogP contribution in [0.25, 0.3) is 0 Å². The molecule has 2 rings (SSSR count). The van der Waals surface area contributed by atoms with Crippen LogP contribution in [0.1, 0.15) is 26.2 Å². The van der Waals surface area contributed by atoms with Crippen molar-refractivity contribution in [2.45, 2.75) is 37.9 Å². The van der Waals surface area contributed by atoms with Crippen molar-refractivity contribution >= 4 is 11.8 Å². The van der Waals surface area contributed by atoms with E-state index in [9.17, 15) is 14.0 Å². The first-order chi connectivity index (χ1) is 9.46. The van der Waals surface area contributed by atoms with E-state index in [2.05, 4.69) is 10.6 Å². The minimum Gasteiger partial charge on any atom is -0.353 e. The van der Waals surface area contributed by atoms with Crippen LogP contribution >= 0.6 is 0 Å². The molecule has 0 spiro atoms. The van der Waals surface area contributed by atoms with Crippen LogP contribution in [-0.4, -0.2) is 30.1 Å². The van der Waals surface area contributed by atoms with E-state index in [4.69, 9.17) is 5.26 Å². The standard InChI is InChI=1S/C14H18FN3O2/c1-9(7-16)12(19)18-11-6-10(11)8-17-13(20)14(15)4-2-3-5-14/h2-3,9-11H,4-6,8H2,1H3,(H,17,20)(H,18,19)/t9?,10-,11-/m1/s1. The zero-order valence-corrected chi connectivity index (χ0v) is 11.4. The van der Waals surface area contributed by atoms with Gasteiger partial charge >= 0.3 is 0 Å². The van der Waals surface area contributed by atoms with Gasteiger partial charge < -0.3 is 10.6 Å². The van der Waals surface area contributed by atoms with Crippen LogP contribution in [0.2, 0.25) is 0 Å². The Bertz CT molecular complexity index is 475. The number of hydrogen-bond donors (Lipinski definition) is 2. The van der Waals surface area contributed by atoms with E-state index in [1.54, 1.807) is 12.2 Å². The molecule has 0 radical (unpaired) electrons. The summed E-state index contributed by atoms with van der Waals surface area (Å²) in [7, 11) is 0. The van der Waals surface area contributed by atoms with Crippen LogP contribution in [0.15, 0.2) is 12.2 Å². The molecule has 0 heterocycles. The Labute approximate surface area is 117 Å². The number of nitrogens with zero attached hydrogens (tertiary/aromatic N) is 1. The lowest BCUT2D eigenvalue weighted by molar-refractivity contribution is -0.132. The molecule has 0 bridgehead atoms. The summed E-state index contributed by atoms with van der Waals surface area (Å²) in [6.07, 6.45) is 4.35. The van der Waals surface area contributed by atoms with Crippen LogP contribution in [0.5, 0.6) is 0 Å². The molecule has 0 aliphatic heterocycles. The van der Waals surface area contributed by atoms with E-state index in [0.29, 0.717) is 6.54 Å². The summed E-state index contributed by atoms with van der Waals surface area (Å²) < 4.78 is 14.1. The fourth-order valence-electron chi connectivity index (χ4n) is 2.21. The summed E-state index contributed by atoms with van der Waals surface area (Å²) in [6.45, 7) is 1.89. The maximum atomic E-state index is 14.1. The maximum Gasteiger partial charge on any atom is 0.258 e. The number of nitriles is 1. The SMILES string of the molecule is CC(C#N)C(=O)N[C@@H]1C[C@@H]1CNC(=O)C1(F)CC=CC1. The zero-order valence-electron chi connectivity index (χ0n) is 11.4. The van der Waals surface area contributed by atoms with Gasteiger partial charge in [-0.1, -0.05) is 12.2 Å². The quantitative estimate of drug-likeness (QED) is 0.731. The minimum absolute atomic E-state index is 0.0177. The molecule has 0 aromatic carbocycles. The van der Waals surface area contributed by atoms with Gasteiger partial charge in [0.15, 0.2) is 5.67 Å². The van der Waals surface area contributed by atoms with Gasteiger partial charge in [0.2, 0.25) is 5.91 Å². The molecular weight excluding hydrogens is 261 g/mol. The first kappa shape index (κ1) is 14.5. The number of carbonyl (C=O) groups is 2. The Kier molecular flexibility index (Phi) is 4.07. The number of hydrogen-bond acceptors (Lipinski definition) is 3. The molecule has 20 heavy (non-hydrogen) atoms. The van der Waals surface area contributed by atoms with Gasteiger partial charge in [-0.2, -0.15) is 5.26 Å². The Morgan fingerprint density at radius 2 is 2.15 bits per heavy atom. The van der Waals surface area contributed by atoms with Crippen molar-refractivity contribution in [3.05, 3.63) is 12.2 Å². The van der Waals surface area contributed by atoms with Gasteiger partial charge in [-0.3, -0.25) is 9.59 Å². The molecule has 5 nitrogen and oxygen atoms in total. The van der Waals surface area contributed by atoms with Gasteiger partial charge in [0.1, 0.15) is 5.92 Å². The number of rotatable bonds is 5. The first-order valence-corrected chi connectivity index (χ1v) is 6.78. The maximum absolute atomic E-state index is 14.1. The number of allylic oxidation sites excluding steroid dienone is 2. The first-order valence-electron chi connectivity index (χ1n) is 6.78. The van der Waals surface area contributed by atoms with Crippen LogP contribution in [-0.2, 0) is 9.59 Å². The highest BCUT2D eigenvalue weighted by Crippen LogP contribution is 2.31. The highest BCUT2D eigenvalue weighted by atomic mass is 19.1. The molecule has 0 saturated heterocycles. The highest BCUT2D eigenvalue weighted by Gasteiger charge is 2.42. The third-order valence-corrected chi connectivity index (χ3v) is 3.82. The molecule has 108 valence electrons. The van der Waals surface area contributed by atoms with E-state index in [1.165, 1.54) is 6.92 Å². The van der Waals surface area contributed by atoms with Gasteiger partial charge in [0, 0.05) is 25.4 Å². The molecule has 6 heteroatoms. The number of nitrogens with one attached hydrogen (secondary N) is 2. The van der Waals surface area contributed by atoms with Crippen molar-refractivity contribution in [1.82, 2.24) is 10.6 Å². The second-order valence-electron chi connectivity index (χ2n) is 5.52. The Morgan fingerprint density at radius 3 is 2.75 bits per heavy atom. The van der Waals surface area contributed by atoms with E-state index in [0.717, 1.165) is 6.42 Å². The predicted octanol–water partition coefficient (Wildman–Crippen LogP) is 0.825. The van der Waals surface area contributed by atoms with E-state index in [-0.39, 0.29) is 30.7 Å². The molecule has 1 fully saturated rings. The van der Waals surface area contributed by atoms with Crippen LogP contribution in [0.4, 0.5) is 4.39 Å². The minimum atomic E-state index is -1.80. The Balaban J connectivity index is 1.69. The summed E-state index contributed by atoms with van der Waals surface area (Å²) in [4.78, 5) is 23.2. The highest BCUT2D eigenvalue weighted by molar-refractivity contribution is 5.86. The third-order valence-electron chi connectivity index (χ3n) is 3.82. The molecular formula is C14H18FN3O2. The number of alkyl halides is 1. The van der Waals surface area contributed by atoms with E-state index >= 15 is 0 Å². The van der Waals surface area contributed by atoms with Gasteiger partial charge in [0.05, 0.1) is 6.07 Å². The van der Waals surface area contributed by atoms with Crippen LogP contribution < -0.4 is 10.6 Å². The summed E-state index contributed by atoms with van der Waals surface area (Å²) in [6, 6.07) is 1.85. The Hall–Kier alpha value is -1.90. The summed E-state index contributed by atoms with van der Waals surface area (Å²) >= 11 is 0. The fourth-order valence-corrected chi connectivity index (χ4v) is 2.21. The van der Waals surface area contributed by atoms with Crippen molar-refractivity contribution in [3.63, 3.8) is 0 Å². The molecule has 1 unspecified atom stereocenters. The lowest BCUT2D eigenvalue weighted by atomic mass is 10.0. The van der Waals surface area contributed by atoms with Crippen molar-refractivity contribution < 1.29 is 14.0 Å². The normalized spacial score (nSPS) is 27.4. The smallest absolute Gasteiger partial charge is 0.258 e. The van der Waals surface area contributed by atoms with Crippen LogP contribution in [0.3, 0.4) is 0 Å². The lowest BCUT2D eigenvalue weighted by Gasteiger charge is -2.18. The Morgan fingerprint density at radius 1 is 1.50 bits per heavy atom. The molecule has 2 amide bonds. The van der Waals surface area contributed by atoms with Crippen LogP contribution in [0, 0.1) is 23.2 Å². The number of halogens is 1. The predicted molar refractivity (Wildman–Crippen MR) is 70.0 cm³/mol. The molecule has 2 aliphatic rings. The monoisotopic (exact) mass is 279 g/mol. The second kappa shape index (κ2) is 5.61. The summed E-state index contributed by atoms with van der Waals surface area (Å²) in [5.41, 5.74) is -1.80. The number of carbonyl (C=O) groups excluding carboxylic acids is 2. The zero-order chi connectivity index (χ0) is 14.8. The largest absolute Gasteiger partial charge is 0.353 e. The average Bonchev–Trinajstić information content (AvgIpc) is 3.02. The van der Waals surface area contributed by atoms with E-state index in [1.807, 2.05) is 6.07 Å². The second-order valence-corrected chi connectivity index (χ2v) is 5.52. The lowest BCUT2D eigenvalue weighted by Crippen LogP contribution is -2.43. The number of amides is 2. The average molecular weight is 279 g/mol. The van der Waals surface area contributed by atoms with Gasteiger partial charge in [-0.15, -0.1) is 0 Å². The topological polar surface area (TPSA) is 82.0 Å². The van der Waals surface area contributed by atoms with Gasteiger partial charge in [0.25, 0.3) is 5.91 Å². The van der Waals surface area contributed by atoms with Gasteiger partial charge in [-0.25, -0.2) is 4.39 Å². The molecule has 0 aromatic heterocycles. The van der Waals surface area contributed by atoms with Gasteiger partial charge in [-0.05, 0) is 19.3 Å². The molecule has 0 aromatic rings. The third kappa shape index (κ3) is 3.16. The van der Waals surface area contributed by atoms with E-state index < -0.39 is 17.5 Å². The molecule has 2 aliphatic carbocycles. The molecule has 3 atom stereocenters. The summed E-state index contributed by atoms with van der Waals surface area (Å²) in [5, 5.41) is 14.0. The van der Waals surface area contributed by atoms with Crippen molar-refractivity contribution in [1.29, 1.82) is 5.26 Å².